The van der Waals surface area contributed by atoms with Crippen LogP contribution in [0.2, 0.25) is 5.02 Å². The van der Waals surface area contributed by atoms with Crippen molar-refractivity contribution in [3.63, 3.8) is 0 Å². The number of rotatable bonds is 5. The van der Waals surface area contributed by atoms with E-state index in [0.717, 1.165) is 22.4 Å². The summed E-state index contributed by atoms with van der Waals surface area (Å²) in [6.45, 7) is 1.92. The van der Waals surface area contributed by atoms with Crippen LogP contribution in [0.15, 0.2) is 65.6 Å². The number of hydrogen-bond acceptors (Lipinski definition) is 5. The standard InChI is InChI=1S/C21H18ClN5O2/c1-13-17(12-24-27(13)2)19-10-18(26-29-19)21(28)25-20(15-4-3-9-23-11-15)14-5-7-16(22)8-6-14/h3-12,20H,1-2H3,(H,25,28). The molecule has 0 aliphatic rings. The molecule has 0 bridgehead atoms. The number of nitrogens with zero attached hydrogens (tertiary/aromatic N) is 4. The number of amides is 1. The van der Waals surface area contributed by atoms with E-state index in [-0.39, 0.29) is 11.6 Å². The van der Waals surface area contributed by atoms with E-state index in [1.807, 2.05) is 38.2 Å². The summed E-state index contributed by atoms with van der Waals surface area (Å²) in [7, 11) is 1.84. The monoisotopic (exact) mass is 407 g/mol. The Kier molecular flexibility index (Phi) is 5.14. The van der Waals surface area contributed by atoms with Crippen molar-refractivity contribution in [2.45, 2.75) is 13.0 Å². The molecule has 0 aliphatic heterocycles. The fourth-order valence-corrected chi connectivity index (χ4v) is 3.14. The van der Waals surface area contributed by atoms with Crippen LogP contribution in [0.5, 0.6) is 0 Å². The van der Waals surface area contributed by atoms with Gasteiger partial charge in [-0.25, -0.2) is 0 Å². The van der Waals surface area contributed by atoms with Gasteiger partial charge < -0.3 is 9.84 Å². The van der Waals surface area contributed by atoms with Crippen molar-refractivity contribution >= 4 is 17.5 Å². The maximum Gasteiger partial charge on any atom is 0.274 e. The van der Waals surface area contributed by atoms with Gasteiger partial charge in [0.05, 0.1) is 17.8 Å². The first-order valence-electron chi connectivity index (χ1n) is 8.95. The minimum atomic E-state index is -0.409. The quantitative estimate of drug-likeness (QED) is 0.541. The highest BCUT2D eigenvalue weighted by Gasteiger charge is 2.22. The van der Waals surface area contributed by atoms with Crippen LogP contribution in [0.1, 0.15) is 33.4 Å². The predicted molar refractivity (Wildman–Crippen MR) is 108 cm³/mol. The average molecular weight is 408 g/mol. The second kappa shape index (κ2) is 7.89. The number of aromatic nitrogens is 4. The Morgan fingerprint density at radius 1 is 1.17 bits per heavy atom. The lowest BCUT2D eigenvalue weighted by molar-refractivity contribution is 0.0934. The topological polar surface area (TPSA) is 85.8 Å². The van der Waals surface area contributed by atoms with Gasteiger partial charge in [0.25, 0.3) is 5.91 Å². The first kappa shape index (κ1) is 18.9. The number of halogens is 1. The van der Waals surface area contributed by atoms with Gasteiger partial charge in [-0.2, -0.15) is 5.10 Å². The van der Waals surface area contributed by atoms with Crippen molar-refractivity contribution in [1.82, 2.24) is 25.2 Å². The summed E-state index contributed by atoms with van der Waals surface area (Å²) < 4.78 is 7.11. The van der Waals surface area contributed by atoms with Crippen LogP contribution in [0.25, 0.3) is 11.3 Å². The van der Waals surface area contributed by atoms with E-state index in [2.05, 4.69) is 20.6 Å². The van der Waals surface area contributed by atoms with Crippen molar-refractivity contribution in [2.24, 2.45) is 7.05 Å². The zero-order chi connectivity index (χ0) is 20.4. The van der Waals surface area contributed by atoms with Gasteiger partial charge in [0, 0.05) is 36.2 Å². The fraction of sp³-hybridized carbons (Fsp3) is 0.143. The molecule has 4 aromatic rings. The van der Waals surface area contributed by atoms with E-state index in [4.69, 9.17) is 16.1 Å². The van der Waals surface area contributed by atoms with Crippen molar-refractivity contribution in [3.05, 3.63) is 88.6 Å². The smallest absolute Gasteiger partial charge is 0.274 e. The summed E-state index contributed by atoms with van der Waals surface area (Å²) in [6, 6.07) is 12.2. The number of pyridine rings is 1. The molecule has 0 radical (unpaired) electrons. The molecule has 29 heavy (non-hydrogen) atoms. The maximum atomic E-state index is 12.9. The number of nitrogens with one attached hydrogen (secondary N) is 1. The molecule has 1 aromatic carbocycles. The molecule has 0 aliphatic carbocycles. The Morgan fingerprint density at radius 3 is 2.62 bits per heavy atom. The molecule has 146 valence electrons. The molecule has 1 unspecified atom stereocenters. The van der Waals surface area contributed by atoms with E-state index < -0.39 is 6.04 Å². The molecule has 0 spiro atoms. The van der Waals surface area contributed by atoms with Gasteiger partial charge in [0.1, 0.15) is 0 Å². The first-order chi connectivity index (χ1) is 14.0. The van der Waals surface area contributed by atoms with Crippen LogP contribution >= 0.6 is 11.6 Å². The Morgan fingerprint density at radius 2 is 1.97 bits per heavy atom. The SMILES string of the molecule is Cc1c(-c2cc(C(=O)NC(c3ccc(Cl)cc3)c3cccnc3)no2)cnn1C. The van der Waals surface area contributed by atoms with Gasteiger partial charge in [-0.05, 0) is 36.2 Å². The minimum absolute atomic E-state index is 0.186. The zero-order valence-electron chi connectivity index (χ0n) is 15.8. The summed E-state index contributed by atoms with van der Waals surface area (Å²) >= 11 is 6.01. The highest BCUT2D eigenvalue weighted by molar-refractivity contribution is 6.30. The molecule has 3 aromatic heterocycles. The minimum Gasteiger partial charge on any atom is -0.355 e. The molecule has 4 rings (SSSR count). The summed E-state index contributed by atoms with van der Waals surface area (Å²) in [5, 5.41) is 11.8. The van der Waals surface area contributed by atoms with Crippen LogP contribution in [0.4, 0.5) is 0 Å². The maximum absolute atomic E-state index is 12.9. The van der Waals surface area contributed by atoms with E-state index >= 15 is 0 Å². The number of carbonyl (C=O) groups is 1. The van der Waals surface area contributed by atoms with Gasteiger partial charge in [-0.3, -0.25) is 14.5 Å². The summed E-state index contributed by atoms with van der Waals surface area (Å²) in [4.78, 5) is 17.1. The Labute approximate surface area is 172 Å². The lowest BCUT2D eigenvalue weighted by Gasteiger charge is -2.19. The van der Waals surface area contributed by atoms with Gasteiger partial charge in [0.2, 0.25) is 0 Å². The number of benzene rings is 1. The zero-order valence-corrected chi connectivity index (χ0v) is 16.6. The van der Waals surface area contributed by atoms with Crippen molar-refractivity contribution in [1.29, 1.82) is 0 Å². The van der Waals surface area contributed by atoms with E-state index in [1.165, 1.54) is 0 Å². The largest absolute Gasteiger partial charge is 0.355 e. The Hall–Kier alpha value is -3.45. The van der Waals surface area contributed by atoms with E-state index in [1.54, 1.807) is 41.5 Å². The van der Waals surface area contributed by atoms with Crippen molar-refractivity contribution < 1.29 is 9.32 Å². The highest BCUT2D eigenvalue weighted by Crippen LogP contribution is 2.26. The molecule has 8 heteroatoms. The second-order valence-electron chi connectivity index (χ2n) is 6.59. The molecule has 1 atom stereocenters. The molecule has 7 nitrogen and oxygen atoms in total. The van der Waals surface area contributed by atoms with Crippen LogP contribution in [0, 0.1) is 6.92 Å². The summed E-state index contributed by atoms with van der Waals surface area (Å²) in [6.07, 6.45) is 5.08. The van der Waals surface area contributed by atoms with Crippen LogP contribution in [-0.2, 0) is 7.05 Å². The predicted octanol–water partition coefficient (Wildman–Crippen LogP) is 3.95. The van der Waals surface area contributed by atoms with Crippen LogP contribution in [-0.4, -0.2) is 25.8 Å². The molecule has 1 N–H and O–H groups in total. The summed E-state index contributed by atoms with van der Waals surface area (Å²) in [5.74, 6) is 0.135. The molecule has 0 saturated heterocycles. The first-order valence-corrected chi connectivity index (χ1v) is 9.32. The van der Waals surface area contributed by atoms with Gasteiger partial charge in [0.15, 0.2) is 11.5 Å². The van der Waals surface area contributed by atoms with Crippen molar-refractivity contribution in [2.75, 3.05) is 0 Å². The number of carbonyl (C=O) groups excluding carboxylic acids is 1. The molecule has 1 amide bonds. The molecule has 3 heterocycles. The van der Waals surface area contributed by atoms with E-state index in [0.29, 0.717) is 10.8 Å². The molecule has 0 fully saturated rings. The molecular formula is C21H18ClN5O2. The van der Waals surface area contributed by atoms with Gasteiger partial charge >= 0.3 is 0 Å². The third kappa shape index (κ3) is 3.90. The van der Waals surface area contributed by atoms with E-state index in [9.17, 15) is 4.79 Å². The fourth-order valence-electron chi connectivity index (χ4n) is 3.02. The lowest BCUT2D eigenvalue weighted by atomic mass is 10.00. The van der Waals surface area contributed by atoms with Gasteiger partial charge in [-0.15, -0.1) is 0 Å². The highest BCUT2D eigenvalue weighted by atomic mass is 35.5. The summed E-state index contributed by atoms with van der Waals surface area (Å²) in [5.41, 5.74) is 3.62. The normalized spacial score (nSPS) is 12.0. The van der Waals surface area contributed by atoms with Crippen LogP contribution in [0.3, 0.4) is 0 Å². The average Bonchev–Trinajstić information content (AvgIpc) is 3.35. The third-order valence-electron chi connectivity index (χ3n) is 4.74. The van der Waals surface area contributed by atoms with Gasteiger partial charge in [-0.1, -0.05) is 35.0 Å². The van der Waals surface area contributed by atoms with Crippen LogP contribution < -0.4 is 5.32 Å². The molecular weight excluding hydrogens is 390 g/mol. The molecule has 0 saturated carbocycles. The Balaban J connectivity index is 1.62. The van der Waals surface area contributed by atoms with Crippen molar-refractivity contribution in [3.8, 4) is 11.3 Å². The lowest BCUT2D eigenvalue weighted by Crippen LogP contribution is -2.29. The Bertz CT molecular complexity index is 1140. The number of hydrogen-bond donors (Lipinski definition) is 1. The third-order valence-corrected chi connectivity index (χ3v) is 4.99. The number of aryl methyl sites for hydroxylation is 1. The second-order valence-corrected chi connectivity index (χ2v) is 7.02.